The number of amides is 2. The number of hydrogen-bond acceptors (Lipinski definition) is 6. The minimum absolute atomic E-state index is 0.0486. The van der Waals surface area contributed by atoms with E-state index in [2.05, 4.69) is 15.5 Å². The Hall–Kier alpha value is -2.84. The lowest BCUT2D eigenvalue weighted by Gasteiger charge is -2.17. The number of carbonyl (C=O) groups excluding carboxylic acids is 2. The number of likely N-dealkylation sites (N-methyl/N-ethyl adjacent to an activating group) is 1. The van der Waals surface area contributed by atoms with Crippen LogP contribution in [-0.2, 0) is 9.59 Å². The van der Waals surface area contributed by atoms with Crippen LogP contribution >= 0.6 is 23.4 Å². The zero-order chi connectivity index (χ0) is 21.7. The van der Waals surface area contributed by atoms with Gasteiger partial charge in [0.15, 0.2) is 0 Å². The molecule has 9 heteroatoms. The fourth-order valence-electron chi connectivity index (χ4n) is 2.71. The molecule has 2 aromatic carbocycles. The molecule has 0 aliphatic heterocycles. The maximum Gasteiger partial charge on any atom is 0.277 e. The van der Waals surface area contributed by atoms with Gasteiger partial charge in [-0.1, -0.05) is 41.6 Å². The summed E-state index contributed by atoms with van der Waals surface area (Å²) in [5.74, 6) is -0.0444. The summed E-state index contributed by atoms with van der Waals surface area (Å²) in [6.45, 7) is 3.81. The second kappa shape index (κ2) is 9.77. The summed E-state index contributed by atoms with van der Waals surface area (Å²) in [7, 11) is 1.58. The third-order valence-electron chi connectivity index (χ3n) is 4.37. The topological polar surface area (TPSA) is 88.3 Å². The van der Waals surface area contributed by atoms with E-state index in [1.165, 1.54) is 4.90 Å². The number of para-hydroxylation sites is 1. The van der Waals surface area contributed by atoms with E-state index < -0.39 is 0 Å². The second-order valence-electron chi connectivity index (χ2n) is 6.73. The van der Waals surface area contributed by atoms with Gasteiger partial charge in [-0.05, 0) is 49.2 Å². The molecule has 0 aliphatic carbocycles. The number of carbonyl (C=O) groups is 2. The van der Waals surface area contributed by atoms with Crippen molar-refractivity contribution in [1.82, 2.24) is 15.1 Å². The predicted molar refractivity (Wildman–Crippen MR) is 118 cm³/mol. The van der Waals surface area contributed by atoms with Crippen LogP contribution in [0.5, 0.6) is 0 Å². The number of hydrogen-bond donors (Lipinski definition) is 1. The van der Waals surface area contributed by atoms with E-state index in [4.69, 9.17) is 16.0 Å². The summed E-state index contributed by atoms with van der Waals surface area (Å²) in [5.41, 5.74) is 3.46. The van der Waals surface area contributed by atoms with Crippen molar-refractivity contribution < 1.29 is 14.0 Å². The fraction of sp³-hybridized carbons (Fsp3) is 0.238. The highest BCUT2D eigenvalue weighted by Crippen LogP contribution is 2.24. The van der Waals surface area contributed by atoms with Crippen molar-refractivity contribution in [1.29, 1.82) is 0 Å². The Morgan fingerprint density at radius 2 is 1.77 bits per heavy atom. The van der Waals surface area contributed by atoms with E-state index in [9.17, 15) is 9.59 Å². The van der Waals surface area contributed by atoms with E-state index in [0.717, 1.165) is 34.1 Å². The van der Waals surface area contributed by atoms with Gasteiger partial charge in [-0.3, -0.25) is 9.59 Å². The molecule has 1 N–H and O–H groups in total. The van der Waals surface area contributed by atoms with Crippen molar-refractivity contribution in [3.63, 3.8) is 0 Å². The summed E-state index contributed by atoms with van der Waals surface area (Å²) >= 11 is 7.00. The zero-order valence-corrected chi connectivity index (χ0v) is 18.4. The van der Waals surface area contributed by atoms with Crippen molar-refractivity contribution in [2.24, 2.45) is 0 Å². The summed E-state index contributed by atoms with van der Waals surface area (Å²) in [5, 5.41) is 11.7. The van der Waals surface area contributed by atoms with Gasteiger partial charge in [-0.25, -0.2) is 0 Å². The number of halogens is 1. The average molecular weight is 445 g/mol. The monoisotopic (exact) mass is 444 g/mol. The highest BCUT2D eigenvalue weighted by atomic mass is 35.5. The molecule has 0 radical (unpaired) electrons. The standard InChI is InChI=1S/C21H21ClN4O3S/c1-13-5-4-6-14(2)19(13)23-17(27)11-26(3)18(28)12-30-21-25-24-20(29-21)15-7-9-16(22)10-8-15/h4-10H,11-12H2,1-3H3,(H,23,27). The van der Waals surface area contributed by atoms with Crippen molar-refractivity contribution in [2.45, 2.75) is 19.1 Å². The van der Waals surface area contributed by atoms with E-state index in [1.54, 1.807) is 31.3 Å². The highest BCUT2D eigenvalue weighted by Gasteiger charge is 2.17. The molecule has 0 fully saturated rings. The Bertz CT molecular complexity index is 1030. The Labute approximate surface area is 183 Å². The van der Waals surface area contributed by atoms with Crippen LogP contribution in [-0.4, -0.2) is 46.3 Å². The zero-order valence-electron chi connectivity index (χ0n) is 16.8. The minimum Gasteiger partial charge on any atom is -0.411 e. The van der Waals surface area contributed by atoms with Crippen molar-refractivity contribution in [3.8, 4) is 11.5 Å². The van der Waals surface area contributed by atoms with Gasteiger partial charge in [-0.15, -0.1) is 10.2 Å². The smallest absolute Gasteiger partial charge is 0.277 e. The lowest BCUT2D eigenvalue weighted by atomic mass is 10.1. The number of nitrogens with one attached hydrogen (secondary N) is 1. The van der Waals surface area contributed by atoms with E-state index >= 15 is 0 Å². The molecule has 0 unspecified atom stereocenters. The van der Waals surface area contributed by atoms with Gasteiger partial charge in [0.1, 0.15) is 0 Å². The van der Waals surface area contributed by atoms with E-state index in [0.29, 0.717) is 10.9 Å². The highest BCUT2D eigenvalue weighted by molar-refractivity contribution is 7.99. The molecule has 0 saturated carbocycles. The molecule has 0 atom stereocenters. The summed E-state index contributed by atoms with van der Waals surface area (Å²) in [6.07, 6.45) is 0. The molecule has 2 amide bonds. The molecule has 1 aromatic heterocycles. The lowest BCUT2D eigenvalue weighted by molar-refractivity contribution is -0.131. The third kappa shape index (κ3) is 5.61. The van der Waals surface area contributed by atoms with Crippen molar-refractivity contribution in [2.75, 3.05) is 24.7 Å². The van der Waals surface area contributed by atoms with Crippen LogP contribution in [0.25, 0.3) is 11.5 Å². The summed E-state index contributed by atoms with van der Waals surface area (Å²) < 4.78 is 5.57. The Balaban J connectivity index is 1.51. The number of aromatic nitrogens is 2. The number of anilines is 1. The van der Waals surface area contributed by atoms with Crippen LogP contribution in [0.1, 0.15) is 11.1 Å². The lowest BCUT2D eigenvalue weighted by Crippen LogP contribution is -2.36. The van der Waals surface area contributed by atoms with Gasteiger partial charge in [0, 0.05) is 23.3 Å². The third-order valence-corrected chi connectivity index (χ3v) is 5.42. The molecule has 0 aliphatic rings. The molecule has 0 bridgehead atoms. The second-order valence-corrected chi connectivity index (χ2v) is 8.10. The van der Waals surface area contributed by atoms with Crippen LogP contribution in [0.2, 0.25) is 5.02 Å². The molecule has 30 heavy (non-hydrogen) atoms. The number of rotatable bonds is 7. The number of thioether (sulfide) groups is 1. The molecule has 0 saturated heterocycles. The molecule has 3 rings (SSSR count). The van der Waals surface area contributed by atoms with Crippen LogP contribution in [0.4, 0.5) is 5.69 Å². The number of aryl methyl sites for hydroxylation is 2. The Morgan fingerprint density at radius 1 is 1.10 bits per heavy atom. The Kier molecular flexibility index (Phi) is 7.12. The first kappa shape index (κ1) is 21.9. The Morgan fingerprint density at radius 3 is 2.43 bits per heavy atom. The van der Waals surface area contributed by atoms with Gasteiger partial charge >= 0.3 is 0 Å². The maximum atomic E-state index is 12.4. The molecule has 7 nitrogen and oxygen atoms in total. The van der Waals surface area contributed by atoms with Crippen LogP contribution in [0, 0.1) is 13.8 Å². The molecular weight excluding hydrogens is 424 g/mol. The fourth-order valence-corrected chi connectivity index (χ4v) is 3.53. The average Bonchev–Trinajstić information content (AvgIpc) is 3.18. The SMILES string of the molecule is Cc1cccc(C)c1NC(=O)CN(C)C(=O)CSc1nnc(-c2ccc(Cl)cc2)o1. The van der Waals surface area contributed by atoms with Crippen LogP contribution in [0.3, 0.4) is 0 Å². The first-order valence-corrected chi connectivity index (χ1v) is 10.5. The summed E-state index contributed by atoms with van der Waals surface area (Å²) in [4.78, 5) is 26.1. The first-order chi connectivity index (χ1) is 14.3. The normalized spacial score (nSPS) is 10.7. The van der Waals surface area contributed by atoms with Gasteiger partial charge in [0.2, 0.25) is 17.7 Å². The van der Waals surface area contributed by atoms with Crippen molar-refractivity contribution >= 4 is 40.9 Å². The van der Waals surface area contributed by atoms with Gasteiger partial charge in [0.25, 0.3) is 5.22 Å². The largest absolute Gasteiger partial charge is 0.411 e. The quantitative estimate of drug-likeness (QED) is 0.549. The maximum absolute atomic E-state index is 12.4. The van der Waals surface area contributed by atoms with Gasteiger partial charge < -0.3 is 14.6 Å². The van der Waals surface area contributed by atoms with Crippen LogP contribution in [0.15, 0.2) is 52.1 Å². The predicted octanol–water partition coefficient (Wildman–Crippen LogP) is 4.20. The molecule has 0 spiro atoms. The van der Waals surface area contributed by atoms with E-state index in [1.807, 2.05) is 32.0 Å². The molecule has 1 heterocycles. The summed E-state index contributed by atoms with van der Waals surface area (Å²) in [6, 6.07) is 12.8. The first-order valence-electron chi connectivity index (χ1n) is 9.16. The van der Waals surface area contributed by atoms with Crippen LogP contribution < -0.4 is 5.32 Å². The molecule has 3 aromatic rings. The van der Waals surface area contributed by atoms with Crippen molar-refractivity contribution in [3.05, 3.63) is 58.6 Å². The number of benzene rings is 2. The van der Waals surface area contributed by atoms with Gasteiger partial charge in [-0.2, -0.15) is 0 Å². The minimum atomic E-state index is -0.254. The molecule has 156 valence electrons. The number of nitrogens with zero attached hydrogens (tertiary/aromatic N) is 3. The van der Waals surface area contributed by atoms with Gasteiger partial charge in [0.05, 0.1) is 12.3 Å². The van der Waals surface area contributed by atoms with E-state index in [-0.39, 0.29) is 29.3 Å². The molecular formula is C21H21ClN4O3S.